The summed E-state index contributed by atoms with van der Waals surface area (Å²) in [6.07, 6.45) is 10.2. The minimum atomic E-state index is 0.139. The van der Waals surface area contributed by atoms with Gasteiger partial charge in [0.1, 0.15) is 11.3 Å². The van der Waals surface area contributed by atoms with E-state index < -0.39 is 0 Å². The van der Waals surface area contributed by atoms with Gasteiger partial charge in [-0.1, -0.05) is 51.6 Å². The van der Waals surface area contributed by atoms with Crippen LogP contribution in [0.5, 0.6) is 5.75 Å². The van der Waals surface area contributed by atoms with Crippen LogP contribution in [0.3, 0.4) is 0 Å². The fourth-order valence-corrected chi connectivity index (χ4v) is 5.75. The highest BCUT2D eigenvalue weighted by Crippen LogP contribution is 2.36. The van der Waals surface area contributed by atoms with E-state index in [2.05, 4.69) is 62.4 Å². The van der Waals surface area contributed by atoms with E-state index in [4.69, 9.17) is 15.0 Å². The first-order valence-corrected chi connectivity index (χ1v) is 14.2. The summed E-state index contributed by atoms with van der Waals surface area (Å²) >= 11 is 0. The number of allylic oxidation sites excluding steroid dienone is 5. The molecule has 1 amide bonds. The number of benzene rings is 1. The smallest absolute Gasteiger partial charge is 0.222 e. The average Bonchev–Trinajstić information content (AvgIpc) is 2.97. The summed E-state index contributed by atoms with van der Waals surface area (Å²) in [5, 5.41) is 10.0. The third kappa shape index (κ3) is 6.02. The number of methoxy groups -OCH3 is 1. The van der Waals surface area contributed by atoms with Gasteiger partial charge < -0.3 is 14.5 Å². The minimum absolute atomic E-state index is 0.139. The number of aromatic nitrogens is 2. The molecule has 0 N–H and O–H groups in total. The number of carbonyl (C=O) groups is 1. The molecule has 0 spiro atoms. The summed E-state index contributed by atoms with van der Waals surface area (Å²) in [7, 11) is 1.66. The molecule has 4 rings (SSSR count). The molecule has 0 bridgehead atoms. The molecule has 7 nitrogen and oxygen atoms in total. The number of carbonyl (C=O) groups excluding carboxylic acids is 1. The van der Waals surface area contributed by atoms with Gasteiger partial charge in [-0.3, -0.25) is 14.8 Å². The summed E-state index contributed by atoms with van der Waals surface area (Å²) in [4.78, 5) is 26.4. The van der Waals surface area contributed by atoms with Gasteiger partial charge in [0.15, 0.2) is 0 Å². The molecular weight excluding hydrogens is 510 g/mol. The molecule has 1 aliphatic rings. The fourth-order valence-electron chi connectivity index (χ4n) is 5.75. The van der Waals surface area contributed by atoms with Gasteiger partial charge >= 0.3 is 0 Å². The van der Waals surface area contributed by atoms with Crippen LogP contribution in [-0.2, 0) is 4.79 Å². The van der Waals surface area contributed by atoms with Crippen molar-refractivity contribution >= 4 is 22.4 Å². The predicted molar refractivity (Wildman–Crippen MR) is 165 cm³/mol. The molecule has 0 radical (unpaired) electrons. The fraction of sp³-hybridized carbons (Fsp3) is 0.353. The molecule has 212 valence electrons. The second-order valence-electron chi connectivity index (χ2n) is 10.8. The molecule has 1 aromatic carbocycles. The average molecular weight is 550 g/mol. The Morgan fingerprint density at radius 2 is 1.83 bits per heavy atom. The lowest BCUT2D eigenvalue weighted by atomic mass is 9.99. The number of piperazine rings is 1. The maximum atomic E-state index is 12.5. The van der Waals surface area contributed by atoms with E-state index in [9.17, 15) is 4.79 Å². The molecule has 1 aliphatic heterocycles. The van der Waals surface area contributed by atoms with Crippen LogP contribution in [0.4, 0.5) is 0 Å². The first-order valence-electron chi connectivity index (χ1n) is 14.2. The number of hydrogen-bond donors (Lipinski definition) is 0. The van der Waals surface area contributed by atoms with E-state index in [1.165, 1.54) is 5.70 Å². The van der Waals surface area contributed by atoms with Gasteiger partial charge in [-0.25, -0.2) is 0 Å². The second kappa shape index (κ2) is 12.8. The number of nitrogens with zero attached hydrogens (tertiary/aromatic N) is 5. The Morgan fingerprint density at radius 1 is 1.15 bits per heavy atom. The first kappa shape index (κ1) is 29.5. The van der Waals surface area contributed by atoms with E-state index in [-0.39, 0.29) is 18.0 Å². The van der Waals surface area contributed by atoms with Gasteiger partial charge in [0, 0.05) is 66.2 Å². The van der Waals surface area contributed by atoms with E-state index in [0.29, 0.717) is 23.7 Å². The third-order valence-corrected chi connectivity index (χ3v) is 7.66. The molecule has 2 atom stereocenters. The number of ether oxygens (including phenoxy) is 1. The van der Waals surface area contributed by atoms with Crippen LogP contribution in [-0.4, -0.2) is 58.0 Å². The maximum absolute atomic E-state index is 12.5. The highest BCUT2D eigenvalue weighted by Gasteiger charge is 2.33. The summed E-state index contributed by atoms with van der Waals surface area (Å²) in [5.74, 6) is 1.21. The summed E-state index contributed by atoms with van der Waals surface area (Å²) < 4.78 is 5.94. The Balaban J connectivity index is 1.73. The number of nitriles is 1. The quantitative estimate of drug-likeness (QED) is 0.294. The van der Waals surface area contributed by atoms with Crippen molar-refractivity contribution in [2.45, 2.75) is 53.1 Å². The standard InChI is InChI=1S/C34H39N5O2/c1-8-26(14-15-30(22(3)4)38-20-23(5)39(24(6)21-38)31(40)9-2)29-19-37-33-28(34(29)41-7)16-17-36-32(33)27-12-10-25(18-35)11-13-27/h8,10-17,19,22-24H,1,9,20-21H2,2-7H3/b26-14+,30-15+. The van der Waals surface area contributed by atoms with Crippen LogP contribution in [0.25, 0.3) is 27.7 Å². The Morgan fingerprint density at radius 3 is 2.39 bits per heavy atom. The number of fused-ring (bicyclic) bond motifs is 1. The molecule has 2 unspecified atom stereocenters. The lowest BCUT2D eigenvalue weighted by Gasteiger charge is -2.46. The number of amides is 1. The molecule has 0 saturated carbocycles. The summed E-state index contributed by atoms with van der Waals surface area (Å²) in [5.41, 5.74) is 5.88. The SMILES string of the molecule is C=C/C(=C\C=C(/C(C)C)N1CC(C)N(C(=O)CC)C(C)C1)c1cnc2c(-c3ccc(C#N)cc3)nccc2c1OC. The zero-order chi connectivity index (χ0) is 29.7. The second-order valence-corrected chi connectivity index (χ2v) is 10.8. The van der Waals surface area contributed by atoms with Gasteiger partial charge in [-0.2, -0.15) is 5.26 Å². The topological polar surface area (TPSA) is 82.4 Å². The normalized spacial score (nSPS) is 18.0. The maximum Gasteiger partial charge on any atom is 0.222 e. The van der Waals surface area contributed by atoms with Crippen molar-refractivity contribution in [1.29, 1.82) is 5.26 Å². The van der Waals surface area contributed by atoms with Crippen molar-refractivity contribution in [2.75, 3.05) is 20.2 Å². The van der Waals surface area contributed by atoms with Crippen molar-refractivity contribution in [2.24, 2.45) is 5.92 Å². The van der Waals surface area contributed by atoms with Gasteiger partial charge in [0.25, 0.3) is 0 Å². The number of rotatable bonds is 8. The number of hydrogen-bond acceptors (Lipinski definition) is 6. The molecule has 2 aromatic heterocycles. The molecule has 3 heterocycles. The zero-order valence-corrected chi connectivity index (χ0v) is 24.9. The monoisotopic (exact) mass is 549 g/mol. The summed E-state index contributed by atoms with van der Waals surface area (Å²) in [6.45, 7) is 16.3. The molecular formula is C34H39N5O2. The Labute approximate surface area is 243 Å². The van der Waals surface area contributed by atoms with Crippen molar-refractivity contribution in [1.82, 2.24) is 19.8 Å². The molecule has 1 fully saturated rings. The zero-order valence-electron chi connectivity index (χ0n) is 24.9. The van der Waals surface area contributed by atoms with Gasteiger partial charge in [0.2, 0.25) is 5.91 Å². The molecule has 1 saturated heterocycles. The van der Waals surface area contributed by atoms with E-state index in [1.54, 1.807) is 25.4 Å². The van der Waals surface area contributed by atoms with Crippen LogP contribution in [0, 0.1) is 17.2 Å². The van der Waals surface area contributed by atoms with Crippen LogP contribution >= 0.6 is 0 Å². The van der Waals surface area contributed by atoms with Crippen LogP contribution in [0.1, 0.15) is 52.2 Å². The largest absolute Gasteiger partial charge is 0.495 e. The number of pyridine rings is 2. The molecule has 3 aromatic rings. The van der Waals surface area contributed by atoms with Crippen LogP contribution in [0.2, 0.25) is 0 Å². The lowest BCUT2D eigenvalue weighted by Crippen LogP contribution is -2.58. The van der Waals surface area contributed by atoms with Crippen LogP contribution in [0.15, 0.2) is 73.2 Å². The van der Waals surface area contributed by atoms with Gasteiger partial charge in [0.05, 0.1) is 24.4 Å². The summed E-state index contributed by atoms with van der Waals surface area (Å²) in [6, 6.07) is 11.7. The minimum Gasteiger partial charge on any atom is -0.495 e. The van der Waals surface area contributed by atoms with E-state index in [0.717, 1.165) is 46.4 Å². The molecule has 0 aliphatic carbocycles. The lowest BCUT2D eigenvalue weighted by molar-refractivity contribution is -0.138. The Kier molecular flexibility index (Phi) is 9.24. The van der Waals surface area contributed by atoms with E-state index >= 15 is 0 Å². The highest BCUT2D eigenvalue weighted by molar-refractivity contribution is 5.98. The van der Waals surface area contributed by atoms with Crippen LogP contribution < -0.4 is 4.74 Å². The first-order chi connectivity index (χ1) is 19.7. The third-order valence-electron chi connectivity index (χ3n) is 7.66. The van der Waals surface area contributed by atoms with Crippen molar-refractivity contribution in [3.05, 3.63) is 84.4 Å². The Hall–Kier alpha value is -4.44. The predicted octanol–water partition coefficient (Wildman–Crippen LogP) is 6.62. The van der Waals surface area contributed by atoms with Crippen molar-refractivity contribution in [3.8, 4) is 23.1 Å². The Bertz CT molecular complexity index is 1520. The van der Waals surface area contributed by atoms with Crippen molar-refractivity contribution in [3.63, 3.8) is 0 Å². The van der Waals surface area contributed by atoms with Crippen molar-refractivity contribution < 1.29 is 9.53 Å². The molecule has 41 heavy (non-hydrogen) atoms. The molecule has 7 heteroatoms. The highest BCUT2D eigenvalue weighted by atomic mass is 16.5. The van der Waals surface area contributed by atoms with Gasteiger partial charge in [-0.05, 0) is 49.6 Å². The van der Waals surface area contributed by atoms with Gasteiger partial charge in [-0.15, -0.1) is 0 Å². The van der Waals surface area contributed by atoms with E-state index in [1.807, 2.05) is 42.3 Å².